The molecule has 198 valence electrons. The first-order valence-corrected chi connectivity index (χ1v) is 16.0. The van der Waals surface area contributed by atoms with E-state index in [1.54, 1.807) is 0 Å². The molecular weight excluding hydrogens is 512 g/mol. The Hall–Kier alpha value is -1.30. The van der Waals surface area contributed by atoms with Gasteiger partial charge < -0.3 is 16.0 Å². The molecule has 5 unspecified atom stereocenters. The molecule has 5 atom stereocenters. The monoisotopic (exact) mass is 550 g/mol. The minimum atomic E-state index is -0.222. The van der Waals surface area contributed by atoms with Crippen molar-refractivity contribution in [3.63, 3.8) is 0 Å². The molecule has 0 aromatic carbocycles. The molecule has 6 nitrogen and oxygen atoms in total. The Kier molecular flexibility index (Phi) is 9.99. The third-order valence-corrected chi connectivity index (χ3v) is 10.9. The summed E-state index contributed by atoms with van der Waals surface area (Å²) < 4.78 is 0. The normalized spacial score (nSPS) is 31.6. The van der Waals surface area contributed by atoms with Crippen LogP contribution >= 0.6 is 35.1 Å². The standard InChI is InChI=1S/C27H39ClN4O2S2/c1-16-12-20(8-9-22(16)28)31-23(33)15-36-27-21(13-29)25(18-10-11-35-14-18)24(17(2)30-27)26(34)32-19-6-4-3-5-7-19/h16,18-20,22,25,30H,3-12,14-15H2,1-2H3,(H,31,33)(H,32,34). The number of rotatable bonds is 7. The zero-order chi connectivity index (χ0) is 25.7. The Bertz CT molecular complexity index is 935. The van der Waals surface area contributed by atoms with Gasteiger partial charge in [0.2, 0.25) is 11.8 Å². The third-order valence-electron chi connectivity index (χ3n) is 8.09. The predicted octanol–water partition coefficient (Wildman–Crippen LogP) is 5.06. The van der Waals surface area contributed by atoms with Crippen molar-refractivity contribution in [2.75, 3.05) is 17.3 Å². The van der Waals surface area contributed by atoms with Gasteiger partial charge in [-0.3, -0.25) is 9.59 Å². The van der Waals surface area contributed by atoms with Crippen LogP contribution in [0.1, 0.15) is 71.6 Å². The van der Waals surface area contributed by atoms with Crippen molar-refractivity contribution in [3.8, 4) is 6.07 Å². The average molecular weight is 551 g/mol. The molecule has 3 fully saturated rings. The second kappa shape index (κ2) is 13.0. The Balaban J connectivity index is 1.46. The predicted molar refractivity (Wildman–Crippen MR) is 149 cm³/mol. The van der Waals surface area contributed by atoms with Gasteiger partial charge in [-0.1, -0.05) is 37.9 Å². The highest BCUT2D eigenvalue weighted by atomic mass is 35.5. The summed E-state index contributed by atoms with van der Waals surface area (Å²) in [6, 6.07) is 2.81. The molecule has 0 spiro atoms. The number of nitriles is 1. The van der Waals surface area contributed by atoms with Gasteiger partial charge in [-0.2, -0.15) is 17.0 Å². The summed E-state index contributed by atoms with van der Waals surface area (Å²) in [5, 5.41) is 20.9. The van der Waals surface area contributed by atoms with Crippen molar-refractivity contribution in [2.45, 2.75) is 89.1 Å². The Morgan fingerprint density at radius 2 is 1.92 bits per heavy atom. The molecule has 0 bridgehead atoms. The van der Waals surface area contributed by atoms with Gasteiger partial charge >= 0.3 is 0 Å². The summed E-state index contributed by atoms with van der Waals surface area (Å²) >= 11 is 9.61. The van der Waals surface area contributed by atoms with Crippen LogP contribution in [0.4, 0.5) is 0 Å². The van der Waals surface area contributed by atoms with E-state index in [1.807, 2.05) is 18.7 Å². The van der Waals surface area contributed by atoms with Crippen molar-refractivity contribution < 1.29 is 9.59 Å². The van der Waals surface area contributed by atoms with Crippen LogP contribution in [0.5, 0.6) is 0 Å². The topological polar surface area (TPSA) is 94.0 Å². The molecule has 2 aliphatic carbocycles. The van der Waals surface area contributed by atoms with E-state index < -0.39 is 0 Å². The third kappa shape index (κ3) is 6.76. The van der Waals surface area contributed by atoms with Crippen molar-refractivity contribution >= 4 is 46.9 Å². The van der Waals surface area contributed by atoms with Gasteiger partial charge in [-0.15, -0.1) is 11.6 Å². The first-order chi connectivity index (χ1) is 17.4. The maximum absolute atomic E-state index is 13.5. The number of amides is 2. The number of allylic oxidation sites excluding steroid dienone is 2. The highest BCUT2D eigenvalue weighted by Crippen LogP contribution is 2.43. The van der Waals surface area contributed by atoms with Crippen LogP contribution in [0.2, 0.25) is 0 Å². The molecule has 0 radical (unpaired) electrons. The fourth-order valence-electron chi connectivity index (χ4n) is 6.06. The van der Waals surface area contributed by atoms with Crippen LogP contribution in [-0.2, 0) is 9.59 Å². The summed E-state index contributed by atoms with van der Waals surface area (Å²) in [5.41, 5.74) is 2.13. The number of alkyl halides is 1. The number of nitrogens with zero attached hydrogens (tertiary/aromatic N) is 1. The summed E-state index contributed by atoms with van der Waals surface area (Å²) in [6.45, 7) is 4.07. The molecule has 0 aromatic heterocycles. The second-order valence-electron chi connectivity index (χ2n) is 10.8. The van der Waals surface area contributed by atoms with Crippen molar-refractivity contribution in [2.24, 2.45) is 17.8 Å². The molecule has 1 saturated heterocycles. The average Bonchev–Trinajstić information content (AvgIpc) is 3.40. The fourth-order valence-corrected chi connectivity index (χ4v) is 8.50. The molecule has 0 aromatic rings. The van der Waals surface area contributed by atoms with E-state index in [1.165, 1.54) is 18.2 Å². The van der Waals surface area contributed by atoms with Gasteiger partial charge in [0, 0.05) is 34.6 Å². The van der Waals surface area contributed by atoms with E-state index in [4.69, 9.17) is 11.6 Å². The van der Waals surface area contributed by atoms with Crippen LogP contribution in [0.15, 0.2) is 21.9 Å². The van der Waals surface area contributed by atoms with Crippen LogP contribution in [0.25, 0.3) is 0 Å². The van der Waals surface area contributed by atoms with E-state index in [0.717, 1.165) is 73.6 Å². The van der Waals surface area contributed by atoms with E-state index in [-0.39, 0.29) is 46.9 Å². The van der Waals surface area contributed by atoms with Crippen LogP contribution in [-0.4, -0.2) is 46.5 Å². The zero-order valence-corrected chi connectivity index (χ0v) is 23.8. The smallest absolute Gasteiger partial charge is 0.249 e. The first kappa shape index (κ1) is 27.7. The zero-order valence-electron chi connectivity index (χ0n) is 21.4. The van der Waals surface area contributed by atoms with Crippen molar-refractivity contribution in [1.82, 2.24) is 16.0 Å². The highest BCUT2D eigenvalue weighted by Gasteiger charge is 2.40. The van der Waals surface area contributed by atoms with Crippen molar-refractivity contribution in [3.05, 3.63) is 21.9 Å². The summed E-state index contributed by atoms with van der Waals surface area (Å²) in [6.07, 6.45) is 9.32. The largest absolute Gasteiger partial charge is 0.353 e. The van der Waals surface area contributed by atoms with Gasteiger partial charge in [0.05, 0.1) is 22.4 Å². The van der Waals surface area contributed by atoms with Gasteiger partial charge in [0.1, 0.15) is 0 Å². The van der Waals surface area contributed by atoms with Crippen molar-refractivity contribution in [1.29, 1.82) is 5.26 Å². The van der Waals surface area contributed by atoms with E-state index >= 15 is 0 Å². The molecule has 36 heavy (non-hydrogen) atoms. The van der Waals surface area contributed by atoms with Gasteiger partial charge in [-0.25, -0.2) is 0 Å². The molecule has 2 saturated carbocycles. The van der Waals surface area contributed by atoms with E-state index in [9.17, 15) is 14.9 Å². The maximum Gasteiger partial charge on any atom is 0.249 e. The molecule has 4 aliphatic rings. The Morgan fingerprint density at radius 1 is 1.14 bits per heavy atom. The highest BCUT2D eigenvalue weighted by molar-refractivity contribution is 8.03. The molecule has 4 rings (SSSR count). The maximum atomic E-state index is 13.5. The fraction of sp³-hybridized carbons (Fsp3) is 0.741. The minimum absolute atomic E-state index is 0.0211. The van der Waals surface area contributed by atoms with Gasteiger partial charge in [-0.05, 0) is 68.8 Å². The second-order valence-corrected chi connectivity index (χ2v) is 13.5. The lowest BCUT2D eigenvalue weighted by atomic mass is 9.77. The van der Waals surface area contributed by atoms with E-state index in [2.05, 4.69) is 28.9 Å². The number of carbonyl (C=O) groups is 2. The lowest BCUT2D eigenvalue weighted by Gasteiger charge is -2.34. The lowest BCUT2D eigenvalue weighted by molar-refractivity contribution is -0.120. The number of thioether (sulfide) groups is 2. The molecular formula is C27H39ClN4O2S2. The number of nitrogens with one attached hydrogen (secondary N) is 3. The Morgan fingerprint density at radius 3 is 2.58 bits per heavy atom. The van der Waals surface area contributed by atoms with Crippen LogP contribution < -0.4 is 16.0 Å². The molecule has 2 heterocycles. The summed E-state index contributed by atoms with van der Waals surface area (Å²) in [7, 11) is 0. The molecule has 9 heteroatoms. The quantitative estimate of drug-likeness (QED) is 0.383. The van der Waals surface area contributed by atoms with Gasteiger partial charge in [0.25, 0.3) is 0 Å². The number of hydrogen-bond acceptors (Lipinski definition) is 6. The molecule has 2 amide bonds. The number of hydrogen-bond donors (Lipinski definition) is 3. The van der Waals surface area contributed by atoms with Gasteiger partial charge in [0.15, 0.2) is 0 Å². The molecule has 3 N–H and O–H groups in total. The van der Waals surface area contributed by atoms with Crippen LogP contribution in [0, 0.1) is 29.1 Å². The first-order valence-electron chi connectivity index (χ1n) is 13.4. The van der Waals surface area contributed by atoms with Crippen LogP contribution in [0.3, 0.4) is 0 Å². The summed E-state index contributed by atoms with van der Waals surface area (Å²) in [5.74, 6) is 2.61. The summed E-state index contributed by atoms with van der Waals surface area (Å²) in [4.78, 5) is 26.3. The molecule has 2 aliphatic heterocycles. The minimum Gasteiger partial charge on any atom is -0.353 e. The SMILES string of the molecule is CC1=C(C(=O)NC2CCCCC2)C(C2CCSC2)C(C#N)=C(SCC(=O)NC2CCC(Cl)C(C)C2)N1. The number of dihydropyridines is 1. The number of carbonyl (C=O) groups excluding carboxylic acids is 2. The van der Waals surface area contributed by atoms with E-state index in [0.29, 0.717) is 17.1 Å². The lowest BCUT2D eigenvalue weighted by Crippen LogP contribution is -2.43. The number of halogens is 1. The Labute approximate surface area is 229 Å².